The number of hydrogen-bond donors (Lipinski definition) is 1. The number of likely N-dealkylation sites (tertiary alicyclic amines) is 1. The number of carbonyl (C=O) groups is 2. The number of aryl methyl sites for hydroxylation is 1. The Bertz CT molecular complexity index is 793. The standard InChI is InChI=1S/C17H21N3O3S/c1-10-11(2)18-20(12(10)3)9-16(21)19-8-4-5-13(19)14-6-7-15(24-14)17(22)23/h6-7,13H,4-5,8-9H2,1-3H3,(H,22,23). The van der Waals surface area contributed by atoms with Gasteiger partial charge in [-0.15, -0.1) is 11.3 Å². The fraction of sp³-hybridized carbons (Fsp3) is 0.471. The van der Waals surface area contributed by atoms with Crippen LogP contribution in [-0.2, 0) is 11.3 Å². The molecule has 0 aromatic carbocycles. The molecule has 1 aliphatic rings. The second-order valence-electron chi connectivity index (χ2n) is 6.21. The van der Waals surface area contributed by atoms with Gasteiger partial charge in [0.25, 0.3) is 0 Å². The summed E-state index contributed by atoms with van der Waals surface area (Å²) in [5, 5.41) is 13.5. The molecule has 3 rings (SSSR count). The van der Waals surface area contributed by atoms with Gasteiger partial charge in [0.05, 0.1) is 11.7 Å². The molecule has 0 spiro atoms. The van der Waals surface area contributed by atoms with Crippen molar-refractivity contribution in [2.45, 2.75) is 46.2 Å². The lowest BCUT2D eigenvalue weighted by molar-refractivity contribution is -0.133. The first-order chi connectivity index (χ1) is 11.4. The third kappa shape index (κ3) is 2.96. The number of rotatable bonds is 4. The van der Waals surface area contributed by atoms with E-state index >= 15 is 0 Å². The number of carboxylic acid groups (broad SMARTS) is 1. The third-order valence-electron chi connectivity index (χ3n) is 4.77. The van der Waals surface area contributed by atoms with Crippen molar-refractivity contribution in [1.82, 2.24) is 14.7 Å². The zero-order chi connectivity index (χ0) is 17.4. The summed E-state index contributed by atoms with van der Waals surface area (Å²) >= 11 is 1.26. The number of thiophene rings is 1. The Balaban J connectivity index is 1.78. The number of carbonyl (C=O) groups excluding carboxylic acids is 1. The van der Waals surface area contributed by atoms with Crippen LogP contribution in [0.2, 0.25) is 0 Å². The summed E-state index contributed by atoms with van der Waals surface area (Å²) in [4.78, 5) is 27.0. The van der Waals surface area contributed by atoms with Crippen molar-refractivity contribution >= 4 is 23.2 Å². The maximum atomic E-state index is 12.8. The second-order valence-corrected chi connectivity index (χ2v) is 7.32. The van der Waals surface area contributed by atoms with Crippen molar-refractivity contribution in [3.8, 4) is 0 Å². The lowest BCUT2D eigenvalue weighted by Crippen LogP contribution is -2.33. The fourth-order valence-electron chi connectivity index (χ4n) is 3.17. The average Bonchev–Trinajstić information content (AvgIpc) is 3.24. The van der Waals surface area contributed by atoms with Gasteiger partial charge in [-0.05, 0) is 51.3 Å². The molecule has 0 bridgehead atoms. The molecule has 2 aromatic rings. The van der Waals surface area contributed by atoms with Crippen molar-refractivity contribution in [2.75, 3.05) is 6.54 Å². The highest BCUT2D eigenvalue weighted by atomic mass is 32.1. The number of hydrogen-bond acceptors (Lipinski definition) is 4. The number of aromatic carboxylic acids is 1. The van der Waals surface area contributed by atoms with Gasteiger partial charge in [-0.25, -0.2) is 4.79 Å². The Morgan fingerprint density at radius 1 is 1.33 bits per heavy atom. The molecule has 1 aliphatic heterocycles. The lowest BCUT2D eigenvalue weighted by Gasteiger charge is -2.24. The van der Waals surface area contributed by atoms with E-state index in [4.69, 9.17) is 5.11 Å². The molecule has 1 atom stereocenters. The van der Waals surface area contributed by atoms with E-state index in [-0.39, 0.29) is 18.5 Å². The van der Waals surface area contributed by atoms with Gasteiger partial charge in [0, 0.05) is 17.1 Å². The Labute approximate surface area is 144 Å². The first-order valence-electron chi connectivity index (χ1n) is 8.01. The maximum absolute atomic E-state index is 12.8. The molecule has 0 saturated carbocycles. The van der Waals surface area contributed by atoms with E-state index in [1.54, 1.807) is 10.7 Å². The van der Waals surface area contributed by atoms with Gasteiger partial charge >= 0.3 is 5.97 Å². The highest BCUT2D eigenvalue weighted by Gasteiger charge is 2.31. The van der Waals surface area contributed by atoms with Gasteiger partial charge in [0.15, 0.2) is 0 Å². The Morgan fingerprint density at radius 2 is 2.08 bits per heavy atom. The van der Waals surface area contributed by atoms with E-state index in [1.807, 2.05) is 31.7 Å². The molecule has 1 unspecified atom stereocenters. The molecule has 128 valence electrons. The summed E-state index contributed by atoms with van der Waals surface area (Å²) in [5.41, 5.74) is 3.08. The average molecular weight is 347 g/mol. The SMILES string of the molecule is Cc1nn(CC(=O)N2CCCC2c2ccc(C(=O)O)s2)c(C)c1C. The molecule has 6 nitrogen and oxygen atoms in total. The molecular weight excluding hydrogens is 326 g/mol. The topological polar surface area (TPSA) is 75.4 Å². The van der Waals surface area contributed by atoms with E-state index in [1.165, 1.54) is 11.3 Å². The van der Waals surface area contributed by atoms with Crippen LogP contribution in [0.1, 0.15) is 50.4 Å². The first kappa shape index (κ1) is 16.7. The molecule has 0 radical (unpaired) electrons. The molecule has 1 N–H and O–H groups in total. The minimum absolute atomic E-state index is 0.0198. The minimum Gasteiger partial charge on any atom is -0.477 e. The van der Waals surface area contributed by atoms with Gasteiger partial charge in [-0.3, -0.25) is 9.48 Å². The van der Waals surface area contributed by atoms with E-state index in [2.05, 4.69) is 5.10 Å². The zero-order valence-corrected chi connectivity index (χ0v) is 14.9. The highest BCUT2D eigenvalue weighted by molar-refractivity contribution is 7.14. The first-order valence-corrected chi connectivity index (χ1v) is 8.83. The molecule has 24 heavy (non-hydrogen) atoms. The Morgan fingerprint density at radius 3 is 2.67 bits per heavy atom. The predicted octanol–water partition coefficient (Wildman–Crippen LogP) is 2.93. The summed E-state index contributed by atoms with van der Waals surface area (Å²) in [6.45, 7) is 6.87. The van der Waals surface area contributed by atoms with Crippen LogP contribution in [0.3, 0.4) is 0 Å². The second kappa shape index (κ2) is 6.39. The summed E-state index contributed by atoms with van der Waals surface area (Å²) in [7, 11) is 0. The van der Waals surface area contributed by atoms with Crippen molar-refractivity contribution in [1.29, 1.82) is 0 Å². The van der Waals surface area contributed by atoms with Crippen LogP contribution in [0.15, 0.2) is 12.1 Å². The van der Waals surface area contributed by atoms with Gasteiger partial charge in [0.2, 0.25) is 5.91 Å². The van der Waals surface area contributed by atoms with Gasteiger partial charge in [-0.1, -0.05) is 0 Å². The van der Waals surface area contributed by atoms with E-state index in [0.717, 1.165) is 34.7 Å². The molecule has 0 aliphatic carbocycles. The fourth-order valence-corrected chi connectivity index (χ4v) is 4.16. The van der Waals surface area contributed by atoms with Crippen LogP contribution in [0.25, 0.3) is 0 Å². The zero-order valence-electron chi connectivity index (χ0n) is 14.1. The molecule has 1 saturated heterocycles. The summed E-state index contributed by atoms with van der Waals surface area (Å²) < 4.78 is 1.76. The normalized spacial score (nSPS) is 17.5. The highest BCUT2D eigenvalue weighted by Crippen LogP contribution is 2.36. The number of aromatic nitrogens is 2. The Hall–Kier alpha value is -2.15. The summed E-state index contributed by atoms with van der Waals surface area (Å²) in [5.74, 6) is -0.881. The van der Waals surface area contributed by atoms with Crippen LogP contribution < -0.4 is 0 Å². The lowest BCUT2D eigenvalue weighted by atomic mass is 10.2. The molecule has 7 heteroatoms. The van der Waals surface area contributed by atoms with Crippen LogP contribution in [0, 0.1) is 20.8 Å². The molecule has 2 aromatic heterocycles. The van der Waals surface area contributed by atoms with Crippen LogP contribution >= 0.6 is 11.3 Å². The maximum Gasteiger partial charge on any atom is 0.345 e. The van der Waals surface area contributed by atoms with Crippen LogP contribution in [0.4, 0.5) is 0 Å². The van der Waals surface area contributed by atoms with E-state index < -0.39 is 5.97 Å². The smallest absolute Gasteiger partial charge is 0.345 e. The Kier molecular flexibility index (Phi) is 4.45. The minimum atomic E-state index is -0.916. The number of amides is 1. The predicted molar refractivity (Wildman–Crippen MR) is 91.4 cm³/mol. The molecule has 1 fully saturated rings. The number of carboxylic acids is 1. The molecule has 3 heterocycles. The molecule has 1 amide bonds. The monoisotopic (exact) mass is 347 g/mol. The summed E-state index contributed by atoms with van der Waals surface area (Å²) in [6, 6.07) is 3.43. The third-order valence-corrected chi connectivity index (χ3v) is 5.94. The van der Waals surface area contributed by atoms with Gasteiger partial charge in [0.1, 0.15) is 11.4 Å². The van der Waals surface area contributed by atoms with Crippen molar-refractivity contribution in [2.24, 2.45) is 0 Å². The molecular formula is C17H21N3O3S. The van der Waals surface area contributed by atoms with E-state index in [9.17, 15) is 9.59 Å². The summed E-state index contributed by atoms with van der Waals surface area (Å²) in [6.07, 6.45) is 1.81. The van der Waals surface area contributed by atoms with Crippen molar-refractivity contribution in [3.63, 3.8) is 0 Å². The number of nitrogens with zero attached hydrogens (tertiary/aromatic N) is 3. The van der Waals surface area contributed by atoms with Crippen LogP contribution in [-0.4, -0.2) is 38.2 Å². The van der Waals surface area contributed by atoms with Crippen molar-refractivity contribution in [3.05, 3.63) is 38.8 Å². The van der Waals surface area contributed by atoms with Gasteiger partial charge < -0.3 is 10.0 Å². The van der Waals surface area contributed by atoms with Gasteiger partial charge in [-0.2, -0.15) is 5.10 Å². The van der Waals surface area contributed by atoms with E-state index in [0.29, 0.717) is 11.4 Å². The largest absolute Gasteiger partial charge is 0.477 e. The quantitative estimate of drug-likeness (QED) is 0.923. The van der Waals surface area contributed by atoms with Crippen molar-refractivity contribution < 1.29 is 14.7 Å². The van der Waals surface area contributed by atoms with Crippen LogP contribution in [0.5, 0.6) is 0 Å².